The molecule has 0 aliphatic carbocycles. The van der Waals surface area contributed by atoms with Crippen LogP contribution in [-0.2, 0) is 9.53 Å². The lowest BCUT2D eigenvalue weighted by molar-refractivity contribution is -0.136. The SMILES string of the molecule is CCC1=C(C(=O)OC)[C@H](c2ccccc2)n2c(s/c(=C\c3cccc(OC)c3)c2=O)=N1. The molecule has 0 amide bonds. The van der Waals surface area contributed by atoms with Crippen LogP contribution < -0.4 is 19.6 Å². The summed E-state index contributed by atoms with van der Waals surface area (Å²) < 4.78 is 12.5. The first-order chi connectivity index (χ1) is 15.1. The lowest BCUT2D eigenvalue weighted by Crippen LogP contribution is -2.40. The number of allylic oxidation sites excluding steroid dienone is 1. The summed E-state index contributed by atoms with van der Waals surface area (Å²) in [4.78, 5) is 31.4. The predicted octanol–water partition coefficient (Wildman–Crippen LogP) is 2.81. The maximum Gasteiger partial charge on any atom is 0.338 e. The second kappa shape index (κ2) is 8.73. The van der Waals surface area contributed by atoms with Crippen molar-refractivity contribution in [1.29, 1.82) is 0 Å². The van der Waals surface area contributed by atoms with E-state index in [1.54, 1.807) is 11.7 Å². The molecule has 6 nitrogen and oxygen atoms in total. The number of hydrogen-bond donors (Lipinski definition) is 0. The van der Waals surface area contributed by atoms with Gasteiger partial charge in [-0.15, -0.1) is 0 Å². The number of nitrogens with zero attached hydrogens (tertiary/aromatic N) is 2. The molecule has 1 aliphatic rings. The van der Waals surface area contributed by atoms with Gasteiger partial charge >= 0.3 is 5.97 Å². The van der Waals surface area contributed by atoms with Crippen LogP contribution in [0.1, 0.15) is 30.5 Å². The molecule has 1 aromatic heterocycles. The molecule has 7 heteroatoms. The van der Waals surface area contributed by atoms with Crippen molar-refractivity contribution in [2.75, 3.05) is 14.2 Å². The Hall–Kier alpha value is -3.45. The van der Waals surface area contributed by atoms with Crippen LogP contribution in [0.3, 0.4) is 0 Å². The third kappa shape index (κ3) is 3.84. The van der Waals surface area contributed by atoms with Gasteiger partial charge in [0.2, 0.25) is 0 Å². The van der Waals surface area contributed by atoms with E-state index in [9.17, 15) is 9.59 Å². The topological polar surface area (TPSA) is 69.9 Å². The number of rotatable bonds is 5. The third-order valence-electron chi connectivity index (χ3n) is 5.16. The van der Waals surface area contributed by atoms with Crippen LogP contribution in [0.15, 0.2) is 75.7 Å². The molecule has 0 radical (unpaired) electrons. The maximum absolute atomic E-state index is 13.5. The van der Waals surface area contributed by atoms with Gasteiger partial charge in [-0.2, -0.15) is 0 Å². The van der Waals surface area contributed by atoms with Crippen LogP contribution in [0.4, 0.5) is 0 Å². The lowest BCUT2D eigenvalue weighted by atomic mass is 9.95. The van der Waals surface area contributed by atoms with Crippen molar-refractivity contribution in [2.45, 2.75) is 19.4 Å². The Balaban J connectivity index is 1.98. The predicted molar refractivity (Wildman–Crippen MR) is 120 cm³/mol. The van der Waals surface area contributed by atoms with Crippen LogP contribution in [0.5, 0.6) is 5.75 Å². The van der Waals surface area contributed by atoms with E-state index in [-0.39, 0.29) is 5.56 Å². The van der Waals surface area contributed by atoms with Crippen molar-refractivity contribution in [3.63, 3.8) is 0 Å². The standard InChI is InChI=1S/C24H22N2O4S/c1-4-18-20(23(28)30-3)21(16-10-6-5-7-11-16)26-22(27)19(31-24(26)25-18)14-15-9-8-12-17(13-15)29-2/h5-14,21H,4H2,1-3H3/b19-14-/t21-/m0/s1. The van der Waals surface area contributed by atoms with E-state index in [4.69, 9.17) is 9.47 Å². The number of hydrogen-bond acceptors (Lipinski definition) is 6. The molecule has 0 saturated heterocycles. The molecule has 0 spiro atoms. The summed E-state index contributed by atoms with van der Waals surface area (Å²) in [6.07, 6.45) is 2.37. The quantitative estimate of drug-likeness (QED) is 0.579. The zero-order valence-electron chi connectivity index (χ0n) is 17.5. The Bertz CT molecular complexity index is 1340. The Morgan fingerprint density at radius 3 is 2.61 bits per heavy atom. The third-order valence-corrected chi connectivity index (χ3v) is 6.14. The molecule has 0 N–H and O–H groups in total. The van der Waals surface area contributed by atoms with Crippen molar-refractivity contribution in [3.05, 3.63) is 96.7 Å². The van der Waals surface area contributed by atoms with Crippen molar-refractivity contribution in [3.8, 4) is 5.75 Å². The van der Waals surface area contributed by atoms with E-state index < -0.39 is 12.0 Å². The molecule has 0 fully saturated rings. The Morgan fingerprint density at radius 1 is 1.16 bits per heavy atom. The fourth-order valence-corrected chi connectivity index (χ4v) is 4.72. The average molecular weight is 435 g/mol. The van der Waals surface area contributed by atoms with Crippen molar-refractivity contribution < 1.29 is 14.3 Å². The molecule has 1 atom stereocenters. The van der Waals surface area contributed by atoms with E-state index in [2.05, 4.69) is 4.99 Å². The zero-order valence-corrected chi connectivity index (χ0v) is 18.3. The minimum absolute atomic E-state index is 0.197. The molecule has 1 aliphatic heterocycles. The van der Waals surface area contributed by atoms with Gasteiger partial charge in [-0.25, -0.2) is 9.79 Å². The molecule has 2 aromatic carbocycles. The van der Waals surface area contributed by atoms with Crippen molar-refractivity contribution in [2.24, 2.45) is 4.99 Å². The molecule has 0 saturated carbocycles. The number of benzene rings is 2. The minimum Gasteiger partial charge on any atom is -0.497 e. The Kier molecular flexibility index (Phi) is 5.86. The number of fused-ring (bicyclic) bond motifs is 1. The molecule has 4 rings (SSSR count). The number of carbonyl (C=O) groups excluding carboxylic acids is 1. The molecular weight excluding hydrogens is 412 g/mol. The van der Waals surface area contributed by atoms with Gasteiger partial charge in [0.05, 0.1) is 36.1 Å². The number of thiazole rings is 1. The normalized spacial score (nSPS) is 16.0. The van der Waals surface area contributed by atoms with E-state index in [1.807, 2.05) is 67.6 Å². The van der Waals surface area contributed by atoms with Gasteiger partial charge in [0.1, 0.15) is 5.75 Å². The highest BCUT2D eigenvalue weighted by Gasteiger charge is 2.33. The summed E-state index contributed by atoms with van der Waals surface area (Å²) in [5.41, 5.74) is 2.52. The van der Waals surface area contributed by atoms with Crippen molar-refractivity contribution >= 4 is 23.4 Å². The van der Waals surface area contributed by atoms with Crippen LogP contribution in [0.2, 0.25) is 0 Å². The number of ether oxygens (including phenoxy) is 2. The summed E-state index contributed by atoms with van der Waals surface area (Å²) in [5, 5.41) is 0. The highest BCUT2D eigenvalue weighted by Crippen LogP contribution is 2.31. The summed E-state index contributed by atoms with van der Waals surface area (Å²) in [6.45, 7) is 1.94. The van der Waals surface area contributed by atoms with Gasteiger partial charge < -0.3 is 9.47 Å². The second-order valence-corrected chi connectivity index (χ2v) is 7.98. The number of carbonyl (C=O) groups is 1. The van der Waals surface area contributed by atoms with Crippen LogP contribution >= 0.6 is 11.3 Å². The number of methoxy groups -OCH3 is 2. The van der Waals surface area contributed by atoms with Crippen molar-refractivity contribution in [1.82, 2.24) is 4.57 Å². The fourth-order valence-electron chi connectivity index (χ4n) is 3.70. The van der Waals surface area contributed by atoms with Gasteiger partial charge in [-0.1, -0.05) is 60.7 Å². The van der Waals surface area contributed by atoms with Crippen LogP contribution in [0.25, 0.3) is 6.08 Å². The molecule has 31 heavy (non-hydrogen) atoms. The fraction of sp³-hybridized carbons (Fsp3) is 0.208. The van der Waals surface area contributed by atoms with Crippen LogP contribution in [0, 0.1) is 0 Å². The second-order valence-electron chi connectivity index (χ2n) is 6.98. The first kappa shape index (κ1) is 20.8. The van der Waals surface area contributed by atoms with Gasteiger partial charge in [0.15, 0.2) is 4.80 Å². The number of esters is 1. The highest BCUT2D eigenvalue weighted by molar-refractivity contribution is 7.07. The first-order valence-electron chi connectivity index (χ1n) is 9.89. The summed E-state index contributed by atoms with van der Waals surface area (Å²) in [7, 11) is 2.95. The molecule has 2 heterocycles. The first-order valence-corrected chi connectivity index (χ1v) is 10.7. The van der Waals surface area contributed by atoms with Gasteiger partial charge in [-0.3, -0.25) is 9.36 Å². The molecule has 3 aromatic rings. The van der Waals surface area contributed by atoms with E-state index in [0.717, 1.165) is 11.1 Å². The van der Waals surface area contributed by atoms with Gasteiger partial charge in [-0.05, 0) is 35.8 Å². The molecule has 0 unspecified atom stereocenters. The van der Waals surface area contributed by atoms with E-state index in [1.165, 1.54) is 18.4 Å². The van der Waals surface area contributed by atoms with E-state index >= 15 is 0 Å². The summed E-state index contributed by atoms with van der Waals surface area (Å²) in [5.74, 6) is 0.237. The summed E-state index contributed by atoms with van der Waals surface area (Å²) in [6, 6.07) is 16.4. The molecule has 0 bridgehead atoms. The smallest absolute Gasteiger partial charge is 0.338 e. The molecular formula is C24H22N2O4S. The van der Waals surface area contributed by atoms with E-state index in [0.29, 0.717) is 32.8 Å². The van der Waals surface area contributed by atoms with Gasteiger partial charge in [0, 0.05) is 0 Å². The largest absolute Gasteiger partial charge is 0.497 e. The van der Waals surface area contributed by atoms with Gasteiger partial charge in [0.25, 0.3) is 5.56 Å². The highest BCUT2D eigenvalue weighted by atomic mass is 32.1. The zero-order chi connectivity index (χ0) is 22.0. The Labute approximate surface area is 183 Å². The lowest BCUT2D eigenvalue weighted by Gasteiger charge is -2.25. The number of aromatic nitrogens is 1. The monoisotopic (exact) mass is 434 g/mol. The average Bonchev–Trinajstić information content (AvgIpc) is 3.12. The summed E-state index contributed by atoms with van der Waals surface area (Å²) >= 11 is 1.31. The van der Waals surface area contributed by atoms with Crippen LogP contribution in [-0.4, -0.2) is 24.8 Å². The maximum atomic E-state index is 13.5. The minimum atomic E-state index is -0.590. The molecule has 158 valence electrons. The Morgan fingerprint density at radius 2 is 1.94 bits per heavy atom.